The molecule has 0 aromatic rings. The summed E-state index contributed by atoms with van der Waals surface area (Å²) in [4.78, 5) is 36.4. The van der Waals surface area contributed by atoms with Crippen LogP contribution in [0.2, 0.25) is 0 Å². The molecular weight excluding hydrogens is 260 g/mol. The van der Waals surface area contributed by atoms with Gasteiger partial charge in [0.15, 0.2) is 0 Å². The number of carboxylic acid groups (broad SMARTS) is 1. The van der Waals surface area contributed by atoms with Crippen LogP contribution >= 0.6 is 0 Å². The molecule has 0 radical (unpaired) electrons. The second-order valence-corrected chi connectivity index (χ2v) is 5.38. The van der Waals surface area contributed by atoms with E-state index in [1.807, 2.05) is 6.92 Å². The third-order valence-corrected chi connectivity index (χ3v) is 4.01. The van der Waals surface area contributed by atoms with Gasteiger partial charge in [0, 0.05) is 13.5 Å². The van der Waals surface area contributed by atoms with Crippen LogP contribution in [0.3, 0.4) is 0 Å². The Labute approximate surface area is 119 Å². The first-order chi connectivity index (χ1) is 9.44. The van der Waals surface area contributed by atoms with Gasteiger partial charge in [-0.15, -0.1) is 0 Å². The van der Waals surface area contributed by atoms with Crippen molar-refractivity contribution in [3.05, 3.63) is 0 Å². The lowest BCUT2D eigenvalue weighted by Gasteiger charge is -2.41. The van der Waals surface area contributed by atoms with Crippen LogP contribution in [0.1, 0.15) is 51.9 Å². The van der Waals surface area contributed by atoms with E-state index in [0.29, 0.717) is 19.3 Å². The number of carbonyl (C=O) groups excluding carboxylic acids is 2. The van der Waals surface area contributed by atoms with Crippen molar-refractivity contribution in [2.24, 2.45) is 0 Å². The average Bonchev–Trinajstić information content (AvgIpc) is 2.44. The van der Waals surface area contributed by atoms with Gasteiger partial charge in [0.2, 0.25) is 11.8 Å². The predicted molar refractivity (Wildman–Crippen MR) is 74.1 cm³/mol. The van der Waals surface area contributed by atoms with Crippen molar-refractivity contribution >= 4 is 17.8 Å². The molecule has 1 aliphatic rings. The van der Waals surface area contributed by atoms with E-state index >= 15 is 0 Å². The smallest absolute Gasteiger partial charge is 0.329 e. The van der Waals surface area contributed by atoms with Crippen LogP contribution in [0, 0.1) is 0 Å². The third-order valence-electron chi connectivity index (χ3n) is 4.01. The zero-order valence-electron chi connectivity index (χ0n) is 12.3. The van der Waals surface area contributed by atoms with Crippen molar-refractivity contribution in [1.82, 2.24) is 10.2 Å². The van der Waals surface area contributed by atoms with Gasteiger partial charge in [-0.1, -0.05) is 26.2 Å². The van der Waals surface area contributed by atoms with Gasteiger partial charge in [-0.25, -0.2) is 4.79 Å². The quantitative estimate of drug-likeness (QED) is 0.766. The molecule has 0 unspecified atom stereocenters. The third kappa shape index (κ3) is 3.71. The molecule has 0 heterocycles. The molecule has 0 atom stereocenters. The number of likely N-dealkylation sites (N-methyl/N-ethyl adjacent to an activating group) is 1. The molecule has 6 heteroatoms. The molecular formula is C14H24N2O4. The highest BCUT2D eigenvalue weighted by molar-refractivity contribution is 5.90. The molecule has 1 saturated carbocycles. The zero-order chi connectivity index (χ0) is 15.2. The highest BCUT2D eigenvalue weighted by Crippen LogP contribution is 2.33. The van der Waals surface area contributed by atoms with E-state index in [2.05, 4.69) is 5.32 Å². The molecule has 0 aromatic heterocycles. The Morgan fingerprint density at radius 1 is 1.20 bits per heavy atom. The summed E-state index contributed by atoms with van der Waals surface area (Å²) in [5, 5.41) is 12.0. The number of aliphatic carboxylic acids is 1. The summed E-state index contributed by atoms with van der Waals surface area (Å²) in [7, 11) is 1.52. The van der Waals surface area contributed by atoms with E-state index in [4.69, 9.17) is 0 Å². The first kappa shape index (κ1) is 16.5. The van der Waals surface area contributed by atoms with Crippen molar-refractivity contribution in [3.8, 4) is 0 Å². The van der Waals surface area contributed by atoms with Crippen LogP contribution in [0.15, 0.2) is 0 Å². The number of nitrogens with one attached hydrogen (secondary N) is 1. The van der Waals surface area contributed by atoms with Crippen molar-refractivity contribution in [2.75, 3.05) is 13.6 Å². The molecule has 1 rings (SSSR count). The molecule has 2 N–H and O–H groups in total. The Bertz CT molecular complexity index is 375. The Morgan fingerprint density at radius 3 is 2.30 bits per heavy atom. The summed E-state index contributed by atoms with van der Waals surface area (Å²) in [5.41, 5.74) is -1.11. The van der Waals surface area contributed by atoms with Gasteiger partial charge < -0.3 is 15.3 Å². The van der Waals surface area contributed by atoms with Crippen LogP contribution in [0.25, 0.3) is 0 Å². The Balaban J connectivity index is 2.65. The number of hydrogen-bond acceptors (Lipinski definition) is 3. The average molecular weight is 284 g/mol. The molecule has 0 bridgehead atoms. The molecule has 0 saturated heterocycles. The molecule has 0 aromatic carbocycles. The lowest BCUT2D eigenvalue weighted by atomic mass is 9.80. The molecule has 1 fully saturated rings. The van der Waals surface area contributed by atoms with Gasteiger partial charge >= 0.3 is 5.97 Å². The van der Waals surface area contributed by atoms with E-state index < -0.39 is 11.5 Å². The fourth-order valence-corrected chi connectivity index (χ4v) is 2.68. The maximum atomic E-state index is 12.1. The first-order valence-electron chi connectivity index (χ1n) is 7.21. The van der Waals surface area contributed by atoms with Crippen LogP contribution in [0.4, 0.5) is 0 Å². The summed E-state index contributed by atoms with van der Waals surface area (Å²) >= 11 is 0. The summed E-state index contributed by atoms with van der Waals surface area (Å²) in [6.07, 6.45) is 4.68. The van der Waals surface area contributed by atoms with Crippen LogP contribution in [0.5, 0.6) is 0 Å². The molecule has 6 nitrogen and oxygen atoms in total. The van der Waals surface area contributed by atoms with Gasteiger partial charge in [0.1, 0.15) is 5.54 Å². The Hall–Kier alpha value is -1.59. The minimum Gasteiger partial charge on any atom is -0.479 e. The van der Waals surface area contributed by atoms with Gasteiger partial charge in [-0.3, -0.25) is 9.59 Å². The zero-order valence-corrected chi connectivity index (χ0v) is 12.3. The monoisotopic (exact) mass is 284 g/mol. The molecule has 0 aliphatic heterocycles. The van der Waals surface area contributed by atoms with Crippen LogP contribution < -0.4 is 5.32 Å². The van der Waals surface area contributed by atoms with E-state index in [9.17, 15) is 19.5 Å². The van der Waals surface area contributed by atoms with Crippen molar-refractivity contribution < 1.29 is 19.5 Å². The number of carbonyl (C=O) groups is 3. The standard InChI is InChI=1S/C14H24N2O4/c1-3-7-11(17)15-10-12(18)16(2)14(13(19)20)8-5-4-6-9-14/h3-10H2,1-2H3,(H,15,17)(H,19,20). The highest BCUT2D eigenvalue weighted by atomic mass is 16.4. The van der Waals surface area contributed by atoms with Gasteiger partial charge in [-0.05, 0) is 19.3 Å². The first-order valence-corrected chi connectivity index (χ1v) is 7.21. The number of amides is 2. The fraction of sp³-hybridized carbons (Fsp3) is 0.786. The van der Waals surface area contributed by atoms with Gasteiger partial charge in [0.25, 0.3) is 0 Å². The normalized spacial score (nSPS) is 17.3. The van der Waals surface area contributed by atoms with Crippen molar-refractivity contribution in [1.29, 1.82) is 0 Å². The maximum absolute atomic E-state index is 12.1. The summed E-state index contributed by atoms with van der Waals surface area (Å²) in [6.45, 7) is 1.75. The number of carboxylic acids is 1. The van der Waals surface area contributed by atoms with Crippen LogP contribution in [-0.4, -0.2) is 46.9 Å². The van der Waals surface area contributed by atoms with Crippen LogP contribution in [-0.2, 0) is 14.4 Å². The van der Waals surface area contributed by atoms with E-state index in [1.165, 1.54) is 11.9 Å². The number of rotatable bonds is 6. The Morgan fingerprint density at radius 2 is 1.80 bits per heavy atom. The maximum Gasteiger partial charge on any atom is 0.329 e. The topological polar surface area (TPSA) is 86.7 Å². The highest BCUT2D eigenvalue weighted by Gasteiger charge is 2.45. The SMILES string of the molecule is CCCC(=O)NCC(=O)N(C)C1(C(=O)O)CCCCC1. The van der Waals surface area contributed by atoms with E-state index in [0.717, 1.165) is 25.7 Å². The molecule has 0 spiro atoms. The fourth-order valence-electron chi connectivity index (χ4n) is 2.68. The lowest BCUT2D eigenvalue weighted by molar-refractivity contribution is -0.160. The number of nitrogens with zero attached hydrogens (tertiary/aromatic N) is 1. The molecule has 1 aliphatic carbocycles. The lowest BCUT2D eigenvalue weighted by Crippen LogP contribution is -2.58. The summed E-state index contributed by atoms with van der Waals surface area (Å²) in [6, 6.07) is 0. The predicted octanol–water partition coefficient (Wildman–Crippen LogP) is 1.15. The Kier molecular flexibility index (Phi) is 5.98. The van der Waals surface area contributed by atoms with E-state index in [-0.39, 0.29) is 18.4 Å². The number of hydrogen-bond donors (Lipinski definition) is 2. The second-order valence-electron chi connectivity index (χ2n) is 5.38. The minimum absolute atomic E-state index is 0.135. The second kappa shape index (κ2) is 7.26. The summed E-state index contributed by atoms with van der Waals surface area (Å²) in [5.74, 6) is -1.48. The molecule has 2 amide bonds. The van der Waals surface area contributed by atoms with Crippen molar-refractivity contribution in [2.45, 2.75) is 57.4 Å². The summed E-state index contributed by atoms with van der Waals surface area (Å²) < 4.78 is 0. The largest absolute Gasteiger partial charge is 0.479 e. The van der Waals surface area contributed by atoms with Crippen molar-refractivity contribution in [3.63, 3.8) is 0 Å². The molecule has 20 heavy (non-hydrogen) atoms. The van der Waals surface area contributed by atoms with E-state index in [1.54, 1.807) is 0 Å². The van der Waals surface area contributed by atoms with Gasteiger partial charge in [-0.2, -0.15) is 0 Å². The van der Waals surface area contributed by atoms with Gasteiger partial charge in [0.05, 0.1) is 6.54 Å². The minimum atomic E-state index is -1.11. The molecule has 114 valence electrons.